The van der Waals surface area contributed by atoms with Gasteiger partial charge in [0.1, 0.15) is 0 Å². The molecule has 0 aromatic carbocycles. The third-order valence-corrected chi connectivity index (χ3v) is 4.02. The van der Waals surface area contributed by atoms with Crippen LogP contribution in [-0.2, 0) is 9.53 Å². The molecule has 0 aliphatic heterocycles. The molecule has 0 radical (unpaired) electrons. The van der Waals surface area contributed by atoms with E-state index in [4.69, 9.17) is 4.74 Å². The molecule has 102 valence electrons. The van der Waals surface area contributed by atoms with E-state index in [9.17, 15) is 4.79 Å². The van der Waals surface area contributed by atoms with E-state index in [0.29, 0.717) is 0 Å². The predicted molar refractivity (Wildman–Crippen MR) is 72.9 cm³/mol. The topological polar surface area (TPSA) is 26.3 Å². The Labute approximate surface area is 107 Å². The fraction of sp³-hybridized carbons (Fsp3) is 0.933. The van der Waals surface area contributed by atoms with Gasteiger partial charge in [-0.05, 0) is 23.7 Å². The van der Waals surface area contributed by atoms with Crippen LogP contribution in [0.2, 0.25) is 0 Å². The number of hydrogen-bond acceptors (Lipinski definition) is 2. The largest absolute Gasteiger partial charge is 0.469 e. The van der Waals surface area contributed by atoms with Crippen molar-refractivity contribution < 1.29 is 9.53 Å². The molecular weight excluding hydrogens is 212 g/mol. The predicted octanol–water partition coefficient (Wildman–Crippen LogP) is 4.43. The Balaban J connectivity index is 4.90. The minimum absolute atomic E-state index is 0.000880. The van der Waals surface area contributed by atoms with Crippen LogP contribution in [-0.4, -0.2) is 13.1 Å². The molecule has 0 aliphatic carbocycles. The van der Waals surface area contributed by atoms with Crippen molar-refractivity contribution in [2.75, 3.05) is 7.11 Å². The van der Waals surface area contributed by atoms with Crippen LogP contribution in [0.5, 0.6) is 0 Å². The second kappa shape index (κ2) is 6.42. The van der Waals surface area contributed by atoms with E-state index in [0.717, 1.165) is 25.7 Å². The maximum absolute atomic E-state index is 12.0. The lowest BCUT2D eigenvalue weighted by molar-refractivity contribution is -0.151. The Morgan fingerprint density at radius 2 is 1.71 bits per heavy atom. The van der Waals surface area contributed by atoms with Crippen LogP contribution in [0.3, 0.4) is 0 Å². The SMILES string of the molecule is CCCC(C)(C)CC(C(=O)OC)C(C)(C)CC. The molecular formula is C15H30O2. The van der Waals surface area contributed by atoms with Gasteiger partial charge in [0.25, 0.3) is 0 Å². The van der Waals surface area contributed by atoms with Crippen molar-refractivity contribution in [1.82, 2.24) is 0 Å². The van der Waals surface area contributed by atoms with Crippen LogP contribution in [0.4, 0.5) is 0 Å². The first-order valence-electron chi connectivity index (χ1n) is 6.78. The Kier molecular flexibility index (Phi) is 6.22. The van der Waals surface area contributed by atoms with Crippen molar-refractivity contribution in [3.05, 3.63) is 0 Å². The van der Waals surface area contributed by atoms with Crippen LogP contribution < -0.4 is 0 Å². The molecule has 0 amide bonds. The van der Waals surface area contributed by atoms with Crippen molar-refractivity contribution in [2.24, 2.45) is 16.7 Å². The molecule has 0 saturated carbocycles. The highest BCUT2D eigenvalue weighted by molar-refractivity contribution is 5.73. The molecule has 17 heavy (non-hydrogen) atoms. The van der Waals surface area contributed by atoms with Gasteiger partial charge < -0.3 is 4.74 Å². The molecule has 2 nitrogen and oxygen atoms in total. The van der Waals surface area contributed by atoms with E-state index in [1.165, 1.54) is 7.11 Å². The minimum Gasteiger partial charge on any atom is -0.469 e. The number of carbonyl (C=O) groups is 1. The summed E-state index contributed by atoms with van der Waals surface area (Å²) in [5.41, 5.74) is 0.220. The quantitative estimate of drug-likeness (QED) is 0.617. The molecule has 2 heteroatoms. The standard InChI is InChI=1S/C15H30O2/c1-8-10-14(3,4)11-12(13(16)17-7)15(5,6)9-2/h12H,8-11H2,1-7H3. The van der Waals surface area contributed by atoms with Crippen molar-refractivity contribution in [3.63, 3.8) is 0 Å². The Morgan fingerprint density at radius 1 is 1.18 bits per heavy atom. The van der Waals surface area contributed by atoms with E-state index in [2.05, 4.69) is 41.5 Å². The molecule has 0 aliphatic rings. The number of carbonyl (C=O) groups excluding carboxylic acids is 1. The van der Waals surface area contributed by atoms with E-state index < -0.39 is 0 Å². The summed E-state index contributed by atoms with van der Waals surface area (Å²) >= 11 is 0. The van der Waals surface area contributed by atoms with Crippen LogP contribution in [0.1, 0.15) is 67.2 Å². The molecule has 0 aromatic heterocycles. The van der Waals surface area contributed by atoms with E-state index in [1.807, 2.05) is 0 Å². The Hall–Kier alpha value is -0.530. The number of ether oxygens (including phenoxy) is 1. The Bertz CT molecular complexity index is 241. The van der Waals surface area contributed by atoms with Crippen molar-refractivity contribution in [3.8, 4) is 0 Å². The van der Waals surface area contributed by atoms with Crippen LogP contribution in [0, 0.1) is 16.7 Å². The minimum atomic E-state index is -0.0546. The van der Waals surface area contributed by atoms with Gasteiger partial charge in [-0.1, -0.05) is 54.4 Å². The van der Waals surface area contributed by atoms with Gasteiger partial charge in [-0.25, -0.2) is 0 Å². The van der Waals surface area contributed by atoms with E-state index in [1.54, 1.807) is 0 Å². The number of rotatable bonds is 7. The summed E-state index contributed by atoms with van der Waals surface area (Å²) in [7, 11) is 1.49. The van der Waals surface area contributed by atoms with Gasteiger partial charge in [-0.15, -0.1) is 0 Å². The Morgan fingerprint density at radius 3 is 2.06 bits per heavy atom. The average Bonchev–Trinajstić information content (AvgIpc) is 2.24. The number of esters is 1. The third-order valence-electron chi connectivity index (χ3n) is 4.02. The average molecular weight is 242 g/mol. The van der Waals surface area contributed by atoms with Gasteiger partial charge in [0, 0.05) is 0 Å². The van der Waals surface area contributed by atoms with E-state index >= 15 is 0 Å². The van der Waals surface area contributed by atoms with Crippen molar-refractivity contribution in [2.45, 2.75) is 67.2 Å². The lowest BCUT2D eigenvalue weighted by atomic mass is 9.68. The molecule has 0 heterocycles. The van der Waals surface area contributed by atoms with Gasteiger partial charge in [-0.2, -0.15) is 0 Å². The maximum atomic E-state index is 12.0. The van der Waals surface area contributed by atoms with Crippen LogP contribution >= 0.6 is 0 Å². The zero-order chi connectivity index (χ0) is 13.7. The molecule has 0 N–H and O–H groups in total. The smallest absolute Gasteiger partial charge is 0.309 e. The van der Waals surface area contributed by atoms with E-state index in [-0.39, 0.29) is 22.7 Å². The zero-order valence-corrected chi connectivity index (χ0v) is 12.7. The monoisotopic (exact) mass is 242 g/mol. The highest BCUT2D eigenvalue weighted by atomic mass is 16.5. The van der Waals surface area contributed by atoms with Crippen molar-refractivity contribution in [1.29, 1.82) is 0 Å². The summed E-state index contributed by atoms with van der Waals surface area (Å²) in [4.78, 5) is 12.0. The molecule has 1 atom stereocenters. The summed E-state index contributed by atoms with van der Waals surface area (Å²) in [5.74, 6) is -0.0555. The third kappa shape index (κ3) is 5.10. The normalized spacial score (nSPS) is 14.5. The first-order valence-corrected chi connectivity index (χ1v) is 6.78. The number of hydrogen-bond donors (Lipinski definition) is 0. The fourth-order valence-electron chi connectivity index (χ4n) is 2.40. The molecule has 1 unspecified atom stereocenters. The highest BCUT2D eigenvalue weighted by Gasteiger charge is 2.38. The van der Waals surface area contributed by atoms with Crippen molar-refractivity contribution >= 4 is 5.97 Å². The summed E-state index contributed by atoms with van der Waals surface area (Å²) in [6.07, 6.45) is 4.22. The molecule has 0 bridgehead atoms. The summed E-state index contributed by atoms with van der Waals surface area (Å²) in [6, 6.07) is 0. The zero-order valence-electron chi connectivity index (χ0n) is 12.7. The molecule has 0 saturated heterocycles. The van der Waals surface area contributed by atoms with Gasteiger partial charge in [0.2, 0.25) is 0 Å². The highest BCUT2D eigenvalue weighted by Crippen LogP contribution is 2.41. The first kappa shape index (κ1) is 16.5. The van der Waals surface area contributed by atoms with Gasteiger partial charge >= 0.3 is 5.97 Å². The maximum Gasteiger partial charge on any atom is 0.309 e. The summed E-state index contributed by atoms with van der Waals surface area (Å²) in [6.45, 7) is 13.2. The molecule has 0 aromatic rings. The molecule has 0 rings (SSSR count). The van der Waals surface area contributed by atoms with Gasteiger partial charge in [0.05, 0.1) is 13.0 Å². The second-order valence-corrected chi connectivity index (χ2v) is 6.54. The van der Waals surface area contributed by atoms with Crippen LogP contribution in [0.15, 0.2) is 0 Å². The fourth-order valence-corrected chi connectivity index (χ4v) is 2.40. The summed E-state index contributed by atoms with van der Waals surface area (Å²) < 4.78 is 4.99. The summed E-state index contributed by atoms with van der Waals surface area (Å²) in [5, 5.41) is 0. The number of methoxy groups -OCH3 is 1. The lowest BCUT2D eigenvalue weighted by Crippen LogP contribution is -2.35. The van der Waals surface area contributed by atoms with Crippen LogP contribution in [0.25, 0.3) is 0 Å². The second-order valence-electron chi connectivity index (χ2n) is 6.54. The van der Waals surface area contributed by atoms with Gasteiger partial charge in [0.15, 0.2) is 0 Å². The lowest BCUT2D eigenvalue weighted by Gasteiger charge is -2.37. The van der Waals surface area contributed by atoms with Gasteiger partial charge in [-0.3, -0.25) is 4.79 Å². The molecule has 0 fully saturated rings. The molecule has 0 spiro atoms. The first-order chi connectivity index (χ1) is 7.70.